The fourth-order valence-corrected chi connectivity index (χ4v) is 10.8. The van der Waals surface area contributed by atoms with Crippen LogP contribution in [0.4, 0.5) is 0 Å². The van der Waals surface area contributed by atoms with Gasteiger partial charge in [0.1, 0.15) is 30.2 Å². The molecule has 5 rings (SSSR count). The summed E-state index contributed by atoms with van der Waals surface area (Å²) < 4.78 is 12.1. The molecule has 1 heterocycles. The Kier molecular flexibility index (Phi) is 7.20. The smallest absolute Gasteiger partial charge is 0.186 e. The number of ether oxygens (including phenoxy) is 2. The molecule has 0 aromatic heterocycles. The van der Waals surface area contributed by atoms with Crippen molar-refractivity contribution in [3.8, 4) is 0 Å². The maximum atomic E-state index is 12.5. The largest absolute Gasteiger partial charge is 0.394 e. The summed E-state index contributed by atoms with van der Waals surface area (Å²) in [6, 6.07) is 0. The van der Waals surface area contributed by atoms with Gasteiger partial charge in [-0.25, -0.2) is 0 Å². The van der Waals surface area contributed by atoms with E-state index in [9.17, 15) is 30.3 Å². The van der Waals surface area contributed by atoms with Gasteiger partial charge in [0, 0.05) is 11.8 Å². The van der Waals surface area contributed by atoms with E-state index in [1.54, 1.807) is 6.92 Å². The van der Waals surface area contributed by atoms with Crippen molar-refractivity contribution in [1.29, 1.82) is 0 Å². The molecule has 38 heavy (non-hydrogen) atoms. The van der Waals surface area contributed by atoms with E-state index in [-0.39, 0.29) is 45.4 Å². The monoisotopic (exact) mass is 538 g/mol. The quantitative estimate of drug-likeness (QED) is 0.344. The number of fused-ring (bicyclic) bond motifs is 5. The van der Waals surface area contributed by atoms with Crippen LogP contribution in [0, 0.1) is 45.3 Å². The molecule has 218 valence electrons. The van der Waals surface area contributed by atoms with Gasteiger partial charge >= 0.3 is 0 Å². The normalized spacial score (nSPS) is 56.0. The second-order valence-corrected chi connectivity index (χ2v) is 14.8. The molecule has 4 saturated carbocycles. The Balaban J connectivity index is 1.40. The van der Waals surface area contributed by atoms with Crippen molar-refractivity contribution in [1.82, 2.24) is 0 Å². The Morgan fingerprint density at radius 1 is 0.868 bits per heavy atom. The van der Waals surface area contributed by atoms with Gasteiger partial charge in [0.15, 0.2) is 6.29 Å². The molecule has 5 aliphatic rings. The van der Waals surface area contributed by atoms with Crippen LogP contribution in [0.1, 0.15) is 86.5 Å². The molecule has 5 N–H and O–H groups in total. The molecule has 4 aliphatic carbocycles. The van der Waals surface area contributed by atoms with E-state index < -0.39 is 43.4 Å². The molecule has 0 aromatic carbocycles. The summed E-state index contributed by atoms with van der Waals surface area (Å²) in [6.45, 7) is 12.8. The van der Waals surface area contributed by atoms with Gasteiger partial charge in [0.2, 0.25) is 0 Å². The van der Waals surface area contributed by atoms with Crippen LogP contribution in [0.3, 0.4) is 0 Å². The zero-order chi connectivity index (χ0) is 28.0. The van der Waals surface area contributed by atoms with Crippen LogP contribution >= 0.6 is 0 Å². The van der Waals surface area contributed by atoms with Gasteiger partial charge in [-0.1, -0.05) is 34.6 Å². The maximum absolute atomic E-state index is 12.5. The van der Waals surface area contributed by atoms with Crippen LogP contribution in [-0.4, -0.2) is 80.8 Å². The molecule has 0 amide bonds. The van der Waals surface area contributed by atoms with Crippen LogP contribution in [0.2, 0.25) is 0 Å². The summed E-state index contributed by atoms with van der Waals surface area (Å²) >= 11 is 0. The first-order valence-corrected chi connectivity index (χ1v) is 14.8. The number of carbonyl (C=O) groups is 1. The molecular formula is C30H50O8. The first-order valence-electron chi connectivity index (χ1n) is 14.8. The van der Waals surface area contributed by atoms with Crippen LogP contribution in [-0.2, 0) is 14.3 Å². The van der Waals surface area contributed by atoms with Crippen molar-refractivity contribution in [2.75, 3.05) is 6.61 Å². The molecule has 0 aromatic rings. The first-order chi connectivity index (χ1) is 17.6. The van der Waals surface area contributed by atoms with Crippen molar-refractivity contribution >= 4 is 5.78 Å². The van der Waals surface area contributed by atoms with Crippen LogP contribution in [0.5, 0.6) is 0 Å². The standard InChI is InChI=1S/C30H50O8/c1-15(32)16-7-11-30(6)22(16)17(33)13-20-28(4)10-9-21(27(2,3)19(28)8-12-29(20,30)5)38-26-25(36)24(35)23(34)18(14-31)37-26/h16-26,31,33-36H,7-14H2,1-6H3/t16?,17-,18-,19?,20?,21+,22?,23-,24+,25-,26+,28+,29-,30-/m1/s1. The van der Waals surface area contributed by atoms with E-state index in [0.717, 1.165) is 44.9 Å². The minimum atomic E-state index is -1.46. The lowest BCUT2D eigenvalue weighted by atomic mass is 9.35. The minimum Gasteiger partial charge on any atom is -0.394 e. The maximum Gasteiger partial charge on any atom is 0.186 e. The summed E-state index contributed by atoms with van der Waals surface area (Å²) in [5.41, 5.74) is -0.330. The number of rotatable bonds is 4. The average Bonchev–Trinajstić information content (AvgIpc) is 3.22. The molecule has 14 atom stereocenters. The number of hydrogen-bond acceptors (Lipinski definition) is 8. The van der Waals surface area contributed by atoms with Gasteiger partial charge < -0.3 is 35.0 Å². The van der Waals surface area contributed by atoms with E-state index in [2.05, 4.69) is 34.6 Å². The summed E-state index contributed by atoms with van der Waals surface area (Å²) in [5, 5.41) is 52.2. The first kappa shape index (κ1) is 28.9. The topological polar surface area (TPSA) is 137 Å². The third-order valence-electron chi connectivity index (χ3n) is 13.0. The highest BCUT2D eigenvalue weighted by Gasteiger charge is 2.70. The Bertz CT molecular complexity index is 922. The SMILES string of the molecule is CC(=O)C1CC[C@]2(C)C1[C@H](O)CC1[C@@]3(C)CC[C@H](O[C@@H]4O[C@H](CO)[C@@H](O)[C@H](O)[C@H]4O)C(C)(C)C3CC[C@]12C. The highest BCUT2D eigenvalue weighted by Crippen LogP contribution is 2.75. The van der Waals surface area contributed by atoms with E-state index in [1.165, 1.54) is 0 Å². The Morgan fingerprint density at radius 3 is 2.16 bits per heavy atom. The fourth-order valence-electron chi connectivity index (χ4n) is 10.8. The van der Waals surface area contributed by atoms with Gasteiger partial charge in [-0.05, 0) is 85.4 Å². The predicted molar refractivity (Wildman–Crippen MR) is 140 cm³/mol. The van der Waals surface area contributed by atoms with Crippen LogP contribution in [0.25, 0.3) is 0 Å². The van der Waals surface area contributed by atoms with Crippen molar-refractivity contribution in [2.45, 2.75) is 129 Å². The molecule has 0 bridgehead atoms. The third-order valence-corrected chi connectivity index (χ3v) is 13.0. The second kappa shape index (κ2) is 9.47. The fraction of sp³-hybridized carbons (Fsp3) is 0.967. The van der Waals surface area contributed by atoms with Gasteiger partial charge in [0.25, 0.3) is 0 Å². The molecule has 0 spiro atoms. The highest BCUT2D eigenvalue weighted by atomic mass is 16.7. The van der Waals surface area contributed by atoms with E-state index in [1.807, 2.05) is 0 Å². The number of aliphatic hydroxyl groups is 5. The number of Topliss-reactive ketones (excluding diaryl/α,β-unsaturated/α-hetero) is 1. The number of hydrogen-bond donors (Lipinski definition) is 5. The molecular weight excluding hydrogens is 488 g/mol. The lowest BCUT2D eigenvalue weighted by Crippen LogP contribution is -2.67. The molecule has 8 heteroatoms. The lowest BCUT2D eigenvalue weighted by molar-refractivity contribution is -0.331. The zero-order valence-corrected chi connectivity index (χ0v) is 24.0. The van der Waals surface area contributed by atoms with Gasteiger partial charge in [-0.2, -0.15) is 0 Å². The highest BCUT2D eigenvalue weighted by molar-refractivity contribution is 5.79. The van der Waals surface area contributed by atoms with Crippen LogP contribution in [0.15, 0.2) is 0 Å². The van der Waals surface area contributed by atoms with E-state index in [4.69, 9.17) is 9.47 Å². The summed E-state index contributed by atoms with van der Waals surface area (Å²) in [7, 11) is 0. The van der Waals surface area contributed by atoms with Crippen LogP contribution < -0.4 is 0 Å². The van der Waals surface area contributed by atoms with Gasteiger partial charge in [-0.3, -0.25) is 4.79 Å². The van der Waals surface area contributed by atoms with Gasteiger partial charge in [-0.15, -0.1) is 0 Å². The number of ketones is 1. The number of aliphatic hydroxyl groups excluding tert-OH is 5. The summed E-state index contributed by atoms with van der Waals surface area (Å²) in [4.78, 5) is 12.5. The van der Waals surface area contributed by atoms with Crippen molar-refractivity contribution in [3.63, 3.8) is 0 Å². The molecule has 1 aliphatic heterocycles. The van der Waals surface area contributed by atoms with E-state index in [0.29, 0.717) is 11.8 Å². The Labute approximate surface area is 227 Å². The molecule has 5 fully saturated rings. The van der Waals surface area contributed by atoms with Crippen molar-refractivity contribution in [3.05, 3.63) is 0 Å². The minimum absolute atomic E-state index is 0.0188. The van der Waals surface area contributed by atoms with Crippen molar-refractivity contribution < 1.29 is 39.8 Å². The van der Waals surface area contributed by atoms with E-state index >= 15 is 0 Å². The lowest BCUT2D eigenvalue weighted by Gasteiger charge is -2.70. The molecule has 1 saturated heterocycles. The third kappa shape index (κ3) is 3.84. The Morgan fingerprint density at radius 2 is 1.53 bits per heavy atom. The number of carbonyl (C=O) groups excluding carboxylic acids is 1. The molecule has 8 nitrogen and oxygen atoms in total. The van der Waals surface area contributed by atoms with Gasteiger partial charge in [0.05, 0.1) is 18.8 Å². The predicted octanol–water partition coefficient (Wildman–Crippen LogP) is 2.42. The summed E-state index contributed by atoms with van der Waals surface area (Å²) in [6.07, 6.45) is -0.818. The van der Waals surface area contributed by atoms with Crippen molar-refractivity contribution in [2.24, 2.45) is 45.3 Å². The second-order valence-electron chi connectivity index (χ2n) is 14.8. The molecule has 0 radical (unpaired) electrons. The molecule has 4 unspecified atom stereocenters. The zero-order valence-electron chi connectivity index (χ0n) is 24.0. The summed E-state index contributed by atoms with van der Waals surface area (Å²) in [5.74, 6) is 0.835. The average molecular weight is 539 g/mol. The Hall–Kier alpha value is -0.610.